The Morgan fingerprint density at radius 3 is 2.65 bits per heavy atom. The number of carbonyl (C=O) groups is 1. The molecule has 2 atom stereocenters. The molecular weight excluding hydrogens is 483 g/mol. The number of rotatable bonds is 5. The molecule has 8 nitrogen and oxygen atoms in total. The minimum atomic E-state index is -1.49. The van der Waals surface area contributed by atoms with Gasteiger partial charge in [0.25, 0.3) is 0 Å². The Morgan fingerprint density at radius 2 is 1.92 bits per heavy atom. The summed E-state index contributed by atoms with van der Waals surface area (Å²) in [6.45, 7) is 1.99. The fourth-order valence-electron chi connectivity index (χ4n) is 5.74. The molecule has 5 heterocycles. The van der Waals surface area contributed by atoms with Crippen molar-refractivity contribution in [1.82, 2.24) is 34.4 Å². The molecule has 3 aromatic heterocycles. The van der Waals surface area contributed by atoms with Crippen LogP contribution in [0.4, 0.5) is 13.2 Å². The van der Waals surface area contributed by atoms with Gasteiger partial charge in [0.1, 0.15) is 18.3 Å². The Hall–Kier alpha value is -3.86. The lowest BCUT2D eigenvalue weighted by Gasteiger charge is -2.45. The van der Waals surface area contributed by atoms with Crippen LogP contribution in [0.3, 0.4) is 0 Å². The van der Waals surface area contributed by atoms with Crippen molar-refractivity contribution in [2.75, 3.05) is 6.54 Å². The predicted molar refractivity (Wildman–Crippen MR) is 128 cm³/mol. The Bertz CT molecular complexity index is 1490. The minimum absolute atomic E-state index is 0.0490. The van der Waals surface area contributed by atoms with E-state index in [9.17, 15) is 18.0 Å². The monoisotopic (exact) mass is 507 g/mol. The summed E-state index contributed by atoms with van der Waals surface area (Å²) in [4.78, 5) is 24.3. The van der Waals surface area contributed by atoms with Crippen LogP contribution in [0, 0.1) is 24.4 Å². The normalized spacial score (nSPS) is 19.2. The molecule has 0 radical (unpaired) electrons. The van der Waals surface area contributed by atoms with E-state index >= 15 is 0 Å². The molecule has 2 bridgehead atoms. The van der Waals surface area contributed by atoms with Crippen molar-refractivity contribution < 1.29 is 18.0 Å². The molecule has 0 aliphatic carbocycles. The summed E-state index contributed by atoms with van der Waals surface area (Å²) >= 11 is 0. The zero-order valence-corrected chi connectivity index (χ0v) is 20.3. The Kier molecular flexibility index (Phi) is 5.67. The molecule has 2 aliphatic rings. The topological polar surface area (TPSA) is 81.7 Å². The van der Waals surface area contributed by atoms with Gasteiger partial charge in [-0.25, -0.2) is 27.8 Å². The minimum Gasteiger partial charge on any atom is -0.291 e. The molecular formula is C26H24F3N7O. The van der Waals surface area contributed by atoms with E-state index in [1.54, 1.807) is 11.7 Å². The molecule has 0 N–H and O–H groups in total. The van der Waals surface area contributed by atoms with Gasteiger partial charge in [-0.05, 0) is 56.9 Å². The second kappa shape index (κ2) is 8.91. The third kappa shape index (κ3) is 3.93. The number of hydrogen-bond donors (Lipinski definition) is 0. The van der Waals surface area contributed by atoms with Gasteiger partial charge in [0.15, 0.2) is 23.2 Å². The summed E-state index contributed by atoms with van der Waals surface area (Å²) in [7, 11) is 1.72. The SMILES string of the molecule is Cc1ccc(-n2cncn2)c(C(=O)CN2[C@@H]3CCC[C@H]2c2nn(C)c(-c4cc(F)c(F)c(F)c4)c2C3)n1. The second-order valence-corrected chi connectivity index (χ2v) is 9.65. The van der Waals surface area contributed by atoms with Crippen LogP contribution in [-0.2, 0) is 13.5 Å². The largest absolute Gasteiger partial charge is 0.291 e. The number of carbonyl (C=O) groups excluding carboxylic acids is 1. The number of aryl methyl sites for hydroxylation is 2. The number of benzene rings is 1. The first-order valence-corrected chi connectivity index (χ1v) is 12.1. The lowest BCUT2D eigenvalue weighted by Crippen LogP contribution is -2.49. The maximum absolute atomic E-state index is 14.0. The van der Waals surface area contributed by atoms with Gasteiger partial charge in [0.05, 0.1) is 29.7 Å². The van der Waals surface area contributed by atoms with Crippen LogP contribution in [0.5, 0.6) is 0 Å². The molecule has 0 saturated carbocycles. The fraction of sp³-hybridized carbons (Fsp3) is 0.346. The lowest BCUT2D eigenvalue weighted by atomic mass is 9.81. The van der Waals surface area contributed by atoms with Crippen LogP contribution in [0.15, 0.2) is 36.9 Å². The molecule has 1 fully saturated rings. The van der Waals surface area contributed by atoms with Crippen LogP contribution < -0.4 is 0 Å². The molecule has 190 valence electrons. The van der Waals surface area contributed by atoms with Crippen LogP contribution in [0.1, 0.15) is 52.7 Å². The number of aromatic nitrogens is 6. The Morgan fingerprint density at radius 1 is 1.14 bits per heavy atom. The summed E-state index contributed by atoms with van der Waals surface area (Å²) in [6, 6.07) is 5.58. The molecule has 2 aliphatic heterocycles. The van der Waals surface area contributed by atoms with Crippen LogP contribution in [0.25, 0.3) is 16.9 Å². The first kappa shape index (κ1) is 23.5. The van der Waals surface area contributed by atoms with Gasteiger partial charge in [-0.2, -0.15) is 10.2 Å². The zero-order chi connectivity index (χ0) is 25.8. The van der Waals surface area contributed by atoms with Gasteiger partial charge in [0.2, 0.25) is 0 Å². The van der Waals surface area contributed by atoms with Crippen molar-refractivity contribution in [1.29, 1.82) is 0 Å². The van der Waals surface area contributed by atoms with Crippen LogP contribution in [0.2, 0.25) is 0 Å². The van der Waals surface area contributed by atoms with Crippen molar-refractivity contribution in [3.8, 4) is 16.9 Å². The van der Waals surface area contributed by atoms with E-state index < -0.39 is 17.5 Å². The quantitative estimate of drug-likeness (QED) is 0.299. The maximum Gasteiger partial charge on any atom is 0.197 e. The van der Waals surface area contributed by atoms with Crippen molar-refractivity contribution in [3.63, 3.8) is 0 Å². The molecule has 0 amide bonds. The Balaban J connectivity index is 1.36. The van der Waals surface area contributed by atoms with Gasteiger partial charge < -0.3 is 0 Å². The highest BCUT2D eigenvalue weighted by Gasteiger charge is 2.42. The van der Waals surface area contributed by atoms with Crippen molar-refractivity contribution in [2.45, 2.75) is 44.7 Å². The molecule has 4 aromatic rings. The lowest BCUT2D eigenvalue weighted by molar-refractivity contribution is 0.0559. The first-order chi connectivity index (χ1) is 17.8. The molecule has 1 saturated heterocycles. The summed E-state index contributed by atoms with van der Waals surface area (Å²) in [5.74, 6) is -4.09. The molecule has 37 heavy (non-hydrogen) atoms. The van der Waals surface area contributed by atoms with E-state index in [4.69, 9.17) is 5.10 Å². The van der Waals surface area contributed by atoms with Crippen LogP contribution in [-0.4, -0.2) is 52.8 Å². The van der Waals surface area contributed by atoms with Gasteiger partial charge in [-0.15, -0.1) is 0 Å². The number of hydrogen-bond acceptors (Lipinski definition) is 6. The molecule has 1 aromatic carbocycles. The number of piperidine rings is 1. The van der Waals surface area contributed by atoms with Gasteiger partial charge in [-0.1, -0.05) is 0 Å². The van der Waals surface area contributed by atoms with Gasteiger partial charge in [-0.3, -0.25) is 14.4 Å². The molecule has 6 rings (SSSR count). The summed E-state index contributed by atoms with van der Waals surface area (Å²) < 4.78 is 44.8. The van der Waals surface area contributed by atoms with E-state index in [1.807, 2.05) is 19.1 Å². The van der Waals surface area contributed by atoms with E-state index in [-0.39, 0.29) is 30.0 Å². The Labute approximate surface area is 210 Å². The van der Waals surface area contributed by atoms with Crippen molar-refractivity contribution in [2.24, 2.45) is 7.05 Å². The van der Waals surface area contributed by atoms with E-state index in [1.165, 1.54) is 17.3 Å². The fourth-order valence-corrected chi connectivity index (χ4v) is 5.74. The zero-order valence-electron chi connectivity index (χ0n) is 20.3. The molecule has 11 heteroatoms. The van der Waals surface area contributed by atoms with E-state index in [2.05, 4.69) is 20.0 Å². The third-order valence-corrected chi connectivity index (χ3v) is 7.34. The molecule has 0 spiro atoms. The highest BCUT2D eigenvalue weighted by molar-refractivity contribution is 5.99. The first-order valence-electron chi connectivity index (χ1n) is 12.1. The van der Waals surface area contributed by atoms with Crippen molar-refractivity contribution >= 4 is 5.78 Å². The van der Waals surface area contributed by atoms with E-state index in [0.29, 0.717) is 23.5 Å². The maximum atomic E-state index is 14.0. The number of fused-ring (bicyclic) bond motifs is 4. The third-order valence-electron chi connectivity index (χ3n) is 7.34. The highest BCUT2D eigenvalue weighted by atomic mass is 19.2. The standard InChI is InChI=1S/C26H24F3N7O/c1-14-6-7-21(36-13-30-12-31-36)25(32-14)22(37)11-35-16-4-3-5-20(35)24-17(10-16)26(34(2)33-24)15-8-18(27)23(29)19(28)9-15/h6-9,12-13,16,20H,3-5,10-11H2,1-2H3/t16-,20+/m1/s1. The van der Waals surface area contributed by atoms with Crippen LogP contribution >= 0.6 is 0 Å². The average molecular weight is 508 g/mol. The summed E-state index contributed by atoms with van der Waals surface area (Å²) in [5.41, 5.74) is 4.12. The van der Waals surface area contributed by atoms with E-state index in [0.717, 1.165) is 48.3 Å². The number of ketones is 1. The second-order valence-electron chi connectivity index (χ2n) is 9.65. The smallest absolute Gasteiger partial charge is 0.197 e. The van der Waals surface area contributed by atoms with Gasteiger partial charge >= 0.3 is 0 Å². The average Bonchev–Trinajstić information content (AvgIpc) is 3.50. The highest BCUT2D eigenvalue weighted by Crippen LogP contribution is 2.44. The number of halogens is 3. The predicted octanol–water partition coefficient (Wildman–Crippen LogP) is 4.12. The van der Waals surface area contributed by atoms with Crippen molar-refractivity contribution in [3.05, 3.63) is 77.0 Å². The number of Topliss-reactive ketones (excluding diaryl/α,β-unsaturated/α-hetero) is 1. The number of nitrogens with zero attached hydrogens (tertiary/aromatic N) is 7. The summed E-state index contributed by atoms with van der Waals surface area (Å²) in [5, 5.41) is 8.88. The summed E-state index contributed by atoms with van der Waals surface area (Å²) in [6.07, 6.45) is 6.17. The number of pyridine rings is 1. The molecule has 0 unspecified atom stereocenters. The van der Waals surface area contributed by atoms with Gasteiger partial charge in [0, 0.05) is 29.9 Å².